The largest absolute Gasteiger partial charge is 0.507 e. The fourth-order valence-electron chi connectivity index (χ4n) is 4.33. The van der Waals surface area contributed by atoms with Gasteiger partial charge in [0, 0.05) is 42.3 Å². The number of phenols is 1. The first-order valence-electron chi connectivity index (χ1n) is 12.3. The molecule has 5 rings (SSSR count). The zero-order chi connectivity index (χ0) is 25.1. The molecular weight excluding hydrogens is 455 g/mol. The van der Waals surface area contributed by atoms with Crippen molar-refractivity contribution in [2.24, 2.45) is 11.8 Å². The van der Waals surface area contributed by atoms with Crippen LogP contribution >= 0.6 is 0 Å². The number of amides is 1. The maximum Gasteiger partial charge on any atom is 0.255 e. The fraction of sp³-hybridized carbons (Fsp3) is 0.276. The molecular formula is C29H29FN4O2. The highest BCUT2D eigenvalue weighted by atomic mass is 19.1. The van der Waals surface area contributed by atoms with Crippen molar-refractivity contribution < 1.29 is 14.3 Å². The average molecular weight is 485 g/mol. The lowest BCUT2D eigenvalue weighted by atomic mass is 9.99. The summed E-state index contributed by atoms with van der Waals surface area (Å²) in [6.07, 6.45) is 7.02. The zero-order valence-electron chi connectivity index (χ0n) is 20.2. The maximum atomic E-state index is 13.5. The molecule has 1 atom stereocenters. The Morgan fingerprint density at radius 1 is 1.14 bits per heavy atom. The predicted molar refractivity (Wildman–Crippen MR) is 137 cm³/mol. The van der Waals surface area contributed by atoms with Gasteiger partial charge in [-0.15, -0.1) is 0 Å². The molecule has 1 aliphatic rings. The number of phenolic OH excluding ortho intramolecular Hbond substituents is 1. The molecule has 1 aliphatic carbocycles. The lowest BCUT2D eigenvalue weighted by Gasteiger charge is -2.13. The van der Waals surface area contributed by atoms with Gasteiger partial charge in [-0.2, -0.15) is 5.10 Å². The minimum Gasteiger partial charge on any atom is -0.507 e. The Bertz CT molecular complexity index is 1360. The van der Waals surface area contributed by atoms with Crippen molar-refractivity contribution in [3.8, 4) is 28.1 Å². The summed E-state index contributed by atoms with van der Waals surface area (Å²) in [6.45, 7) is 3.40. The lowest BCUT2D eigenvalue weighted by Crippen LogP contribution is -2.29. The van der Waals surface area contributed by atoms with Gasteiger partial charge >= 0.3 is 0 Å². The van der Waals surface area contributed by atoms with Crippen molar-refractivity contribution in [3.05, 3.63) is 90.1 Å². The summed E-state index contributed by atoms with van der Waals surface area (Å²) in [5.74, 6) is 0.217. The molecule has 1 amide bonds. The van der Waals surface area contributed by atoms with Crippen LogP contribution in [0.15, 0.2) is 73.1 Å². The summed E-state index contributed by atoms with van der Waals surface area (Å²) in [5, 5.41) is 17.6. The highest BCUT2D eigenvalue weighted by Crippen LogP contribution is 2.35. The molecule has 6 nitrogen and oxygen atoms in total. The number of aromatic hydroxyl groups is 1. The van der Waals surface area contributed by atoms with E-state index in [1.165, 1.54) is 31.0 Å². The Kier molecular flexibility index (Phi) is 6.80. The molecule has 184 valence electrons. The number of carbonyl (C=O) groups excluding carboxylic acids is 1. The summed E-state index contributed by atoms with van der Waals surface area (Å²) in [4.78, 5) is 17.0. The van der Waals surface area contributed by atoms with E-state index in [9.17, 15) is 14.3 Å². The molecule has 36 heavy (non-hydrogen) atoms. The third-order valence-corrected chi connectivity index (χ3v) is 6.47. The molecule has 1 saturated carbocycles. The topological polar surface area (TPSA) is 80.0 Å². The maximum absolute atomic E-state index is 13.5. The van der Waals surface area contributed by atoms with Crippen molar-refractivity contribution in [3.63, 3.8) is 0 Å². The molecule has 1 unspecified atom stereocenters. The first-order valence-corrected chi connectivity index (χ1v) is 12.3. The second-order valence-electron chi connectivity index (χ2n) is 9.64. The fourth-order valence-corrected chi connectivity index (χ4v) is 4.33. The van der Waals surface area contributed by atoms with Crippen LogP contribution in [0.25, 0.3) is 22.4 Å². The number of halogens is 1. The number of benzene rings is 2. The molecule has 0 spiro atoms. The van der Waals surface area contributed by atoms with Gasteiger partial charge in [0.2, 0.25) is 0 Å². The monoisotopic (exact) mass is 484 g/mol. The Morgan fingerprint density at radius 2 is 1.92 bits per heavy atom. The van der Waals surface area contributed by atoms with E-state index in [2.05, 4.69) is 29.5 Å². The van der Waals surface area contributed by atoms with Crippen molar-refractivity contribution in [2.75, 3.05) is 6.54 Å². The predicted octanol–water partition coefficient (Wildman–Crippen LogP) is 5.48. The number of aromatic nitrogens is 3. The van der Waals surface area contributed by atoms with Gasteiger partial charge in [-0.05, 0) is 85.2 Å². The number of nitrogens with one attached hydrogen (secondary N) is 1. The average Bonchev–Trinajstić information content (AvgIpc) is 3.59. The third kappa shape index (κ3) is 5.62. The van der Waals surface area contributed by atoms with Gasteiger partial charge < -0.3 is 10.4 Å². The third-order valence-electron chi connectivity index (χ3n) is 6.47. The van der Waals surface area contributed by atoms with E-state index in [0.717, 1.165) is 34.6 Å². The van der Waals surface area contributed by atoms with Gasteiger partial charge in [-0.1, -0.05) is 19.1 Å². The van der Waals surface area contributed by atoms with Gasteiger partial charge in [0.15, 0.2) is 0 Å². The number of pyridine rings is 1. The van der Waals surface area contributed by atoms with Crippen molar-refractivity contribution in [1.29, 1.82) is 0 Å². The van der Waals surface area contributed by atoms with Gasteiger partial charge in [0.25, 0.3) is 5.91 Å². The highest BCUT2D eigenvalue weighted by molar-refractivity contribution is 5.96. The summed E-state index contributed by atoms with van der Waals surface area (Å²) in [6, 6.07) is 17.0. The Morgan fingerprint density at radius 3 is 2.67 bits per heavy atom. The quantitative estimate of drug-likeness (QED) is 0.330. The first-order chi connectivity index (χ1) is 17.5. The van der Waals surface area contributed by atoms with Crippen LogP contribution in [0.4, 0.5) is 4.39 Å². The van der Waals surface area contributed by atoms with E-state index >= 15 is 0 Å². The molecule has 0 aliphatic heterocycles. The highest BCUT2D eigenvalue weighted by Gasteiger charge is 2.23. The van der Waals surface area contributed by atoms with E-state index in [1.54, 1.807) is 36.5 Å². The smallest absolute Gasteiger partial charge is 0.255 e. The van der Waals surface area contributed by atoms with Crippen LogP contribution in [-0.4, -0.2) is 32.3 Å². The number of nitrogens with zero attached hydrogens (tertiary/aromatic N) is 3. The molecule has 0 radical (unpaired) electrons. The van der Waals surface area contributed by atoms with E-state index in [-0.39, 0.29) is 29.0 Å². The number of hydrogen-bond donors (Lipinski definition) is 2. The Labute approximate surface area is 209 Å². The second-order valence-corrected chi connectivity index (χ2v) is 9.64. The molecule has 1 fully saturated rings. The van der Waals surface area contributed by atoms with Crippen LogP contribution < -0.4 is 5.32 Å². The molecule has 2 aromatic heterocycles. The lowest BCUT2D eigenvalue weighted by molar-refractivity contribution is 0.0945. The molecule has 2 heterocycles. The molecule has 7 heteroatoms. The van der Waals surface area contributed by atoms with Gasteiger partial charge in [-0.25, -0.2) is 4.39 Å². The Hall–Kier alpha value is -4.00. The number of hydrogen-bond acceptors (Lipinski definition) is 4. The summed E-state index contributed by atoms with van der Waals surface area (Å²) in [7, 11) is 0. The number of para-hydroxylation sites is 1. The van der Waals surface area contributed by atoms with E-state index in [1.807, 2.05) is 10.7 Å². The van der Waals surface area contributed by atoms with Crippen molar-refractivity contribution in [1.82, 2.24) is 20.1 Å². The van der Waals surface area contributed by atoms with E-state index < -0.39 is 0 Å². The van der Waals surface area contributed by atoms with Crippen LogP contribution in [0.5, 0.6) is 5.75 Å². The summed E-state index contributed by atoms with van der Waals surface area (Å²) < 4.78 is 15.5. The summed E-state index contributed by atoms with van der Waals surface area (Å²) >= 11 is 0. The summed E-state index contributed by atoms with van der Waals surface area (Å²) in [5.41, 5.74) is 4.88. The minimum atomic E-state index is -0.298. The van der Waals surface area contributed by atoms with Gasteiger partial charge in [-0.3, -0.25) is 14.5 Å². The number of carbonyl (C=O) groups is 1. The minimum absolute atomic E-state index is 0.0313. The standard InChI is InChI=1S/C29H29FN4O2/c1-19(16-32-29(36)25-4-2-3-5-27(25)35)14-24-15-22(12-13-31-24)26-18-34(17-20-6-7-20)33-28(26)21-8-10-23(30)11-9-21/h2-5,8-13,15,18-20,35H,6-7,14,16-17H2,1H3,(H,32,36). The molecule has 2 N–H and O–H groups in total. The van der Waals surface area contributed by atoms with E-state index in [0.29, 0.717) is 18.9 Å². The Balaban J connectivity index is 1.32. The molecule has 0 saturated heterocycles. The SMILES string of the molecule is CC(CNC(=O)c1ccccc1O)Cc1cc(-c2cn(CC3CC3)nc2-c2ccc(F)cc2)ccn1. The van der Waals surface area contributed by atoms with Crippen LogP contribution in [0, 0.1) is 17.7 Å². The van der Waals surface area contributed by atoms with Gasteiger partial charge in [0.05, 0.1) is 5.56 Å². The normalized spacial score (nSPS) is 13.9. The first kappa shape index (κ1) is 23.7. The van der Waals surface area contributed by atoms with Crippen LogP contribution in [0.2, 0.25) is 0 Å². The molecule has 0 bridgehead atoms. The van der Waals surface area contributed by atoms with Crippen molar-refractivity contribution in [2.45, 2.75) is 32.7 Å². The molecule has 2 aromatic carbocycles. The van der Waals surface area contributed by atoms with Crippen LogP contribution in [-0.2, 0) is 13.0 Å². The van der Waals surface area contributed by atoms with E-state index in [4.69, 9.17) is 5.10 Å². The molecule has 4 aromatic rings. The van der Waals surface area contributed by atoms with Crippen molar-refractivity contribution >= 4 is 5.91 Å². The zero-order valence-corrected chi connectivity index (χ0v) is 20.2. The second kappa shape index (κ2) is 10.3. The number of rotatable bonds is 9. The van der Waals surface area contributed by atoms with Crippen LogP contribution in [0.1, 0.15) is 35.8 Å². The van der Waals surface area contributed by atoms with Crippen LogP contribution in [0.3, 0.4) is 0 Å². The van der Waals surface area contributed by atoms with Gasteiger partial charge in [0.1, 0.15) is 17.3 Å².